The van der Waals surface area contributed by atoms with Crippen LogP contribution in [0.4, 0.5) is 29.3 Å². The maximum atomic E-state index is 12.1. The first-order valence-electron chi connectivity index (χ1n) is 6.89. The fraction of sp³-hybridized carbons (Fsp3) is 0.125. The van der Waals surface area contributed by atoms with Crippen LogP contribution in [0.15, 0.2) is 48.5 Å². The number of para-hydroxylation sites is 1. The number of methoxy groups -OCH3 is 1. The molecule has 6 nitrogen and oxygen atoms in total. The summed E-state index contributed by atoms with van der Waals surface area (Å²) in [6.07, 6.45) is -4.79. The average molecular weight is 354 g/mol. The maximum Gasteiger partial charge on any atom is 0.573 e. The molecule has 0 heterocycles. The van der Waals surface area contributed by atoms with E-state index in [9.17, 15) is 22.8 Å². The predicted molar refractivity (Wildman–Crippen MR) is 83.5 cm³/mol. The maximum absolute atomic E-state index is 12.1. The third kappa shape index (κ3) is 5.41. The number of anilines is 2. The van der Waals surface area contributed by atoms with Crippen molar-refractivity contribution in [2.45, 2.75) is 6.36 Å². The summed E-state index contributed by atoms with van der Waals surface area (Å²) >= 11 is 0. The fourth-order valence-corrected chi connectivity index (χ4v) is 1.90. The largest absolute Gasteiger partial charge is 0.573 e. The lowest BCUT2D eigenvalue weighted by atomic mass is 10.2. The normalized spacial score (nSPS) is 10.7. The van der Waals surface area contributed by atoms with Crippen LogP contribution in [0.3, 0.4) is 0 Å². The van der Waals surface area contributed by atoms with Crippen molar-refractivity contribution < 1.29 is 32.2 Å². The van der Waals surface area contributed by atoms with Gasteiger partial charge in [0, 0.05) is 5.69 Å². The van der Waals surface area contributed by atoms with Crippen molar-refractivity contribution in [3.05, 3.63) is 54.1 Å². The molecule has 0 atom stereocenters. The van der Waals surface area contributed by atoms with E-state index in [1.54, 1.807) is 12.1 Å². The van der Waals surface area contributed by atoms with E-state index in [1.165, 1.54) is 31.4 Å². The number of carbonyl (C=O) groups is 2. The molecule has 0 bridgehead atoms. The van der Waals surface area contributed by atoms with E-state index in [4.69, 9.17) is 0 Å². The third-order valence-electron chi connectivity index (χ3n) is 2.93. The van der Waals surface area contributed by atoms with E-state index < -0.39 is 24.1 Å². The molecule has 0 saturated carbocycles. The van der Waals surface area contributed by atoms with Gasteiger partial charge in [-0.1, -0.05) is 12.1 Å². The van der Waals surface area contributed by atoms with Crippen molar-refractivity contribution >= 4 is 23.4 Å². The highest BCUT2D eigenvalue weighted by Crippen LogP contribution is 2.24. The van der Waals surface area contributed by atoms with Crippen LogP contribution < -0.4 is 15.4 Å². The Balaban J connectivity index is 2.03. The van der Waals surface area contributed by atoms with Gasteiger partial charge < -0.3 is 20.1 Å². The van der Waals surface area contributed by atoms with E-state index in [1.807, 2.05) is 0 Å². The molecule has 0 saturated heterocycles. The number of hydrogen-bond acceptors (Lipinski definition) is 4. The Bertz CT molecular complexity index is 761. The average Bonchev–Trinajstić information content (AvgIpc) is 2.55. The minimum atomic E-state index is -4.79. The summed E-state index contributed by atoms with van der Waals surface area (Å²) in [5.41, 5.74) is 0.625. The van der Waals surface area contributed by atoms with Gasteiger partial charge in [0.1, 0.15) is 5.75 Å². The number of ether oxygens (including phenoxy) is 2. The topological polar surface area (TPSA) is 76.7 Å². The standard InChI is InChI=1S/C16H13F3N2O4/c1-24-14(22)12-4-2-3-5-13(12)21-15(23)20-10-6-8-11(9-7-10)25-16(17,18)19/h2-9H,1H3,(H2,20,21,23). The SMILES string of the molecule is COC(=O)c1ccccc1NC(=O)Nc1ccc(OC(F)(F)F)cc1. The van der Waals surface area contributed by atoms with Gasteiger partial charge in [-0.15, -0.1) is 13.2 Å². The molecule has 0 aliphatic carbocycles. The zero-order chi connectivity index (χ0) is 18.4. The molecule has 2 aromatic rings. The first-order chi connectivity index (χ1) is 11.8. The molecule has 132 valence electrons. The molecule has 0 spiro atoms. The van der Waals surface area contributed by atoms with E-state index in [2.05, 4.69) is 20.1 Å². The zero-order valence-corrected chi connectivity index (χ0v) is 12.9. The number of urea groups is 1. The minimum absolute atomic E-state index is 0.161. The number of rotatable bonds is 4. The molecular formula is C16H13F3N2O4. The summed E-state index contributed by atoms with van der Waals surface area (Å²) in [5.74, 6) is -1.03. The van der Waals surface area contributed by atoms with Crippen LogP contribution in [-0.2, 0) is 4.74 Å². The summed E-state index contributed by atoms with van der Waals surface area (Å²) < 4.78 is 44.6. The van der Waals surface area contributed by atoms with Crippen LogP contribution in [0.1, 0.15) is 10.4 Å². The lowest BCUT2D eigenvalue weighted by Gasteiger charge is -2.12. The van der Waals surface area contributed by atoms with Gasteiger partial charge in [0.25, 0.3) is 0 Å². The molecule has 0 aliphatic rings. The molecular weight excluding hydrogens is 341 g/mol. The molecule has 25 heavy (non-hydrogen) atoms. The summed E-state index contributed by atoms with van der Waals surface area (Å²) in [6.45, 7) is 0. The second-order valence-corrected chi connectivity index (χ2v) is 4.69. The van der Waals surface area contributed by atoms with Gasteiger partial charge in [-0.25, -0.2) is 9.59 Å². The highest BCUT2D eigenvalue weighted by Gasteiger charge is 2.30. The predicted octanol–water partition coefficient (Wildman–Crippen LogP) is 4.02. The van der Waals surface area contributed by atoms with Gasteiger partial charge in [-0.2, -0.15) is 0 Å². The summed E-state index contributed by atoms with van der Waals surface area (Å²) in [6, 6.07) is 10.1. The molecule has 0 aliphatic heterocycles. The fourth-order valence-electron chi connectivity index (χ4n) is 1.90. The van der Waals surface area contributed by atoms with E-state index in [-0.39, 0.29) is 16.9 Å². The van der Waals surface area contributed by atoms with Crippen molar-refractivity contribution in [1.82, 2.24) is 0 Å². The Morgan fingerprint density at radius 1 is 0.960 bits per heavy atom. The summed E-state index contributed by atoms with van der Waals surface area (Å²) in [5, 5.41) is 4.89. The van der Waals surface area contributed by atoms with Crippen molar-refractivity contribution in [3.8, 4) is 5.75 Å². The third-order valence-corrected chi connectivity index (χ3v) is 2.93. The van der Waals surface area contributed by atoms with Crippen LogP contribution in [-0.4, -0.2) is 25.5 Å². The second-order valence-electron chi connectivity index (χ2n) is 4.69. The van der Waals surface area contributed by atoms with Crippen LogP contribution >= 0.6 is 0 Å². The van der Waals surface area contributed by atoms with Crippen molar-refractivity contribution in [1.29, 1.82) is 0 Å². The number of nitrogens with one attached hydrogen (secondary N) is 2. The number of halogens is 3. The number of carbonyl (C=O) groups excluding carboxylic acids is 2. The van der Waals surface area contributed by atoms with Crippen molar-refractivity contribution in [3.63, 3.8) is 0 Å². The molecule has 0 unspecified atom stereocenters. The highest BCUT2D eigenvalue weighted by molar-refractivity contribution is 6.05. The van der Waals surface area contributed by atoms with Gasteiger partial charge in [0.2, 0.25) is 0 Å². The monoisotopic (exact) mass is 354 g/mol. The van der Waals surface area contributed by atoms with E-state index in [0.29, 0.717) is 0 Å². The van der Waals surface area contributed by atoms with Crippen molar-refractivity contribution in [2.75, 3.05) is 17.7 Å². The van der Waals surface area contributed by atoms with Crippen LogP contribution in [0.25, 0.3) is 0 Å². The van der Waals surface area contributed by atoms with E-state index >= 15 is 0 Å². The van der Waals surface area contributed by atoms with Crippen LogP contribution in [0.2, 0.25) is 0 Å². The highest BCUT2D eigenvalue weighted by atomic mass is 19.4. The quantitative estimate of drug-likeness (QED) is 0.813. The van der Waals surface area contributed by atoms with Crippen molar-refractivity contribution in [2.24, 2.45) is 0 Å². The first kappa shape index (κ1) is 18.1. The molecule has 2 rings (SSSR count). The molecule has 2 aromatic carbocycles. The lowest BCUT2D eigenvalue weighted by Crippen LogP contribution is -2.21. The molecule has 0 fully saturated rings. The Morgan fingerprint density at radius 2 is 1.60 bits per heavy atom. The number of amides is 2. The Kier molecular flexibility index (Phi) is 5.48. The van der Waals surface area contributed by atoms with Gasteiger partial charge in [-0.3, -0.25) is 0 Å². The Morgan fingerprint density at radius 3 is 2.20 bits per heavy atom. The van der Waals surface area contributed by atoms with Gasteiger partial charge in [0.05, 0.1) is 18.4 Å². The molecule has 0 radical (unpaired) electrons. The number of esters is 1. The zero-order valence-electron chi connectivity index (χ0n) is 12.9. The van der Waals surface area contributed by atoms with Gasteiger partial charge in [0.15, 0.2) is 0 Å². The minimum Gasteiger partial charge on any atom is -0.465 e. The summed E-state index contributed by atoms with van der Waals surface area (Å²) in [7, 11) is 1.21. The number of hydrogen-bond donors (Lipinski definition) is 2. The second kappa shape index (κ2) is 7.56. The van der Waals surface area contributed by atoms with Gasteiger partial charge in [-0.05, 0) is 36.4 Å². The Hall–Kier alpha value is -3.23. The van der Waals surface area contributed by atoms with Crippen LogP contribution in [0, 0.1) is 0 Å². The van der Waals surface area contributed by atoms with Gasteiger partial charge >= 0.3 is 18.4 Å². The number of alkyl halides is 3. The van der Waals surface area contributed by atoms with E-state index in [0.717, 1.165) is 12.1 Å². The molecule has 2 N–H and O–H groups in total. The first-order valence-corrected chi connectivity index (χ1v) is 6.89. The molecule has 9 heteroatoms. The lowest BCUT2D eigenvalue weighted by molar-refractivity contribution is -0.274. The molecule has 2 amide bonds. The molecule has 0 aromatic heterocycles. The number of benzene rings is 2. The smallest absolute Gasteiger partial charge is 0.465 e. The Labute approximate surface area is 140 Å². The summed E-state index contributed by atoms with van der Waals surface area (Å²) in [4.78, 5) is 23.6. The van der Waals surface area contributed by atoms with Crippen LogP contribution in [0.5, 0.6) is 5.75 Å².